The zero-order chi connectivity index (χ0) is 11.3. The Balaban J connectivity index is 2.48. The predicted molar refractivity (Wildman–Crippen MR) is 66.6 cm³/mol. The lowest BCUT2D eigenvalue weighted by Crippen LogP contribution is -2.32. The highest BCUT2D eigenvalue weighted by Crippen LogP contribution is 2.27. The van der Waals surface area contributed by atoms with Crippen LogP contribution in [0, 0.1) is 18.3 Å². The molecule has 1 atom stereocenters. The lowest BCUT2D eigenvalue weighted by Gasteiger charge is -2.28. The van der Waals surface area contributed by atoms with E-state index in [1.54, 1.807) is 4.90 Å². The Kier molecular flexibility index (Phi) is 4.90. The maximum absolute atomic E-state index is 5.62. The van der Waals surface area contributed by atoms with Crippen molar-refractivity contribution in [1.29, 1.82) is 0 Å². The zero-order valence-electron chi connectivity index (χ0n) is 9.53. The summed E-state index contributed by atoms with van der Waals surface area (Å²) in [6.45, 7) is 0. The maximum atomic E-state index is 5.62. The molecule has 0 saturated heterocycles. The Morgan fingerprint density at radius 1 is 1.40 bits per heavy atom. The molecule has 0 aromatic heterocycles. The van der Waals surface area contributed by atoms with E-state index in [1.165, 1.54) is 32.1 Å². The van der Waals surface area contributed by atoms with Crippen molar-refractivity contribution in [3.63, 3.8) is 0 Å². The molecule has 84 valence electrons. The summed E-state index contributed by atoms with van der Waals surface area (Å²) < 4.78 is 5.62. The fraction of sp³-hybridized carbons (Fsp3) is 0.750. The molecule has 1 saturated carbocycles. The summed E-state index contributed by atoms with van der Waals surface area (Å²) in [5.74, 6) is 3.21. The number of hydrogen-bond donors (Lipinski definition) is 0. The third kappa shape index (κ3) is 3.71. The number of terminal acetylenes is 1. The van der Waals surface area contributed by atoms with E-state index < -0.39 is 0 Å². The number of rotatable bonds is 2. The maximum Gasteiger partial charge on any atom is 0.260 e. The molecule has 0 N–H and O–H groups in total. The van der Waals surface area contributed by atoms with E-state index in [2.05, 4.69) is 5.92 Å². The summed E-state index contributed by atoms with van der Waals surface area (Å²) in [5.41, 5.74) is 0. The molecule has 1 unspecified atom stereocenters. The van der Waals surface area contributed by atoms with Gasteiger partial charge < -0.3 is 9.64 Å². The van der Waals surface area contributed by atoms with Crippen LogP contribution < -0.4 is 0 Å². The molecule has 2 nitrogen and oxygen atoms in total. The van der Waals surface area contributed by atoms with Crippen LogP contribution in [0.5, 0.6) is 0 Å². The van der Waals surface area contributed by atoms with Gasteiger partial charge in [0.2, 0.25) is 0 Å². The minimum Gasteiger partial charge on any atom is -0.454 e. The first-order valence-electron chi connectivity index (χ1n) is 5.49. The quantitative estimate of drug-likeness (QED) is 0.529. The first kappa shape index (κ1) is 12.3. The summed E-state index contributed by atoms with van der Waals surface area (Å²) in [6.07, 6.45) is 11.6. The highest BCUT2D eigenvalue weighted by atomic mass is 32.1. The summed E-state index contributed by atoms with van der Waals surface area (Å²) in [7, 11) is 3.74. The van der Waals surface area contributed by atoms with E-state index in [-0.39, 0.29) is 6.10 Å². The molecule has 15 heavy (non-hydrogen) atoms. The van der Waals surface area contributed by atoms with Crippen LogP contribution in [0.25, 0.3) is 0 Å². The van der Waals surface area contributed by atoms with Crippen molar-refractivity contribution in [3.8, 4) is 12.3 Å². The molecule has 3 heteroatoms. The largest absolute Gasteiger partial charge is 0.454 e. The van der Waals surface area contributed by atoms with Gasteiger partial charge in [-0.1, -0.05) is 25.2 Å². The van der Waals surface area contributed by atoms with E-state index in [9.17, 15) is 0 Å². The standard InChI is InChI=1S/C12H19NOS/c1-4-11(14-12(15)13(2)3)10-8-6-5-7-9-10/h1,10-11H,5-9H2,2-3H3. The summed E-state index contributed by atoms with van der Waals surface area (Å²) in [5, 5.41) is 0.489. The average Bonchev–Trinajstić information content (AvgIpc) is 2.26. The van der Waals surface area contributed by atoms with Crippen LogP contribution in [-0.2, 0) is 4.74 Å². The van der Waals surface area contributed by atoms with Gasteiger partial charge in [0, 0.05) is 20.0 Å². The monoisotopic (exact) mass is 225 g/mol. The van der Waals surface area contributed by atoms with Crippen LogP contribution in [0.1, 0.15) is 32.1 Å². The SMILES string of the molecule is C#CC(OC(=S)N(C)C)C1CCCCC1. The van der Waals surface area contributed by atoms with Crippen LogP contribution in [0.15, 0.2) is 0 Å². The third-order valence-corrected chi connectivity index (χ3v) is 3.30. The fourth-order valence-electron chi connectivity index (χ4n) is 1.92. The van der Waals surface area contributed by atoms with Crippen molar-refractivity contribution in [2.45, 2.75) is 38.2 Å². The minimum atomic E-state index is -0.139. The molecule has 1 aliphatic carbocycles. The van der Waals surface area contributed by atoms with Crippen molar-refractivity contribution in [1.82, 2.24) is 4.90 Å². The van der Waals surface area contributed by atoms with Crippen LogP contribution in [-0.4, -0.2) is 30.3 Å². The predicted octanol–water partition coefficient (Wildman–Crippen LogP) is 2.43. The molecule has 0 bridgehead atoms. The Morgan fingerprint density at radius 2 is 2.00 bits per heavy atom. The minimum absolute atomic E-state index is 0.139. The summed E-state index contributed by atoms with van der Waals surface area (Å²) in [6, 6.07) is 0. The van der Waals surface area contributed by atoms with Gasteiger partial charge >= 0.3 is 0 Å². The van der Waals surface area contributed by atoms with Gasteiger partial charge in [-0.25, -0.2) is 0 Å². The second kappa shape index (κ2) is 5.97. The molecule has 0 spiro atoms. The molecule has 0 heterocycles. The van der Waals surface area contributed by atoms with E-state index >= 15 is 0 Å². The van der Waals surface area contributed by atoms with Gasteiger partial charge in [0.25, 0.3) is 5.17 Å². The van der Waals surface area contributed by atoms with Gasteiger partial charge in [-0.3, -0.25) is 0 Å². The van der Waals surface area contributed by atoms with Crippen LogP contribution in [0.3, 0.4) is 0 Å². The second-order valence-corrected chi connectivity index (χ2v) is 4.61. The van der Waals surface area contributed by atoms with Gasteiger partial charge in [0.15, 0.2) is 6.10 Å². The molecule has 0 aromatic rings. The van der Waals surface area contributed by atoms with Crippen molar-refractivity contribution in [3.05, 3.63) is 0 Å². The number of ether oxygens (including phenoxy) is 1. The first-order chi connectivity index (χ1) is 7.15. The molecule has 1 rings (SSSR count). The first-order valence-corrected chi connectivity index (χ1v) is 5.90. The van der Waals surface area contributed by atoms with Gasteiger partial charge in [-0.2, -0.15) is 0 Å². The van der Waals surface area contributed by atoms with E-state index in [0.717, 1.165) is 0 Å². The van der Waals surface area contributed by atoms with Crippen molar-refractivity contribution >= 4 is 17.4 Å². The van der Waals surface area contributed by atoms with Gasteiger partial charge in [-0.05, 0) is 25.1 Å². The third-order valence-electron chi connectivity index (χ3n) is 2.84. The van der Waals surface area contributed by atoms with E-state index in [4.69, 9.17) is 23.4 Å². The molecular formula is C12H19NOS. The Morgan fingerprint density at radius 3 is 2.47 bits per heavy atom. The zero-order valence-corrected chi connectivity index (χ0v) is 10.3. The highest BCUT2D eigenvalue weighted by Gasteiger charge is 2.24. The Hall–Kier alpha value is -0.750. The molecule has 0 radical (unpaired) electrons. The number of hydrogen-bond acceptors (Lipinski definition) is 2. The summed E-state index contributed by atoms with van der Waals surface area (Å²) >= 11 is 5.10. The smallest absolute Gasteiger partial charge is 0.260 e. The van der Waals surface area contributed by atoms with Crippen LogP contribution >= 0.6 is 12.2 Å². The average molecular weight is 225 g/mol. The van der Waals surface area contributed by atoms with Gasteiger partial charge in [0.05, 0.1) is 0 Å². The molecule has 0 amide bonds. The molecule has 1 aliphatic rings. The fourth-order valence-corrected chi connectivity index (χ4v) is 2.02. The van der Waals surface area contributed by atoms with Crippen LogP contribution in [0.4, 0.5) is 0 Å². The van der Waals surface area contributed by atoms with Crippen LogP contribution in [0.2, 0.25) is 0 Å². The topological polar surface area (TPSA) is 12.5 Å². The second-order valence-electron chi connectivity index (χ2n) is 4.26. The van der Waals surface area contributed by atoms with E-state index in [1.807, 2.05) is 14.1 Å². The van der Waals surface area contributed by atoms with Gasteiger partial charge in [0.1, 0.15) is 0 Å². The van der Waals surface area contributed by atoms with Crippen molar-refractivity contribution in [2.24, 2.45) is 5.92 Å². The normalized spacial score (nSPS) is 19.0. The Labute approximate surface area is 98.0 Å². The Bertz CT molecular complexity index is 251. The number of thiocarbonyl (C=S) groups is 1. The lowest BCUT2D eigenvalue weighted by molar-refractivity contribution is 0.131. The number of nitrogens with zero attached hydrogens (tertiary/aromatic N) is 1. The van der Waals surface area contributed by atoms with E-state index in [0.29, 0.717) is 11.1 Å². The highest BCUT2D eigenvalue weighted by molar-refractivity contribution is 7.80. The molecule has 0 aromatic carbocycles. The van der Waals surface area contributed by atoms with Crippen molar-refractivity contribution in [2.75, 3.05) is 14.1 Å². The van der Waals surface area contributed by atoms with Crippen molar-refractivity contribution < 1.29 is 4.74 Å². The molecular weight excluding hydrogens is 206 g/mol. The lowest BCUT2D eigenvalue weighted by atomic mass is 9.85. The molecule has 0 aliphatic heterocycles. The summed E-state index contributed by atoms with van der Waals surface area (Å²) in [4.78, 5) is 1.78. The van der Waals surface area contributed by atoms with Gasteiger partial charge in [-0.15, -0.1) is 6.42 Å². The molecule has 1 fully saturated rings.